The molecule has 2 heterocycles. The Hall–Kier alpha value is -3.20. The van der Waals surface area contributed by atoms with Gasteiger partial charge in [-0.25, -0.2) is 4.79 Å². The lowest BCUT2D eigenvalue weighted by Gasteiger charge is -2.26. The average Bonchev–Trinajstić information content (AvgIpc) is 3.45. The predicted molar refractivity (Wildman–Crippen MR) is 136 cm³/mol. The highest BCUT2D eigenvalue weighted by atomic mass is 32.1. The molecule has 0 spiro atoms. The number of aryl methyl sites for hydroxylation is 1. The molecule has 2 aromatic carbocycles. The van der Waals surface area contributed by atoms with E-state index in [0.29, 0.717) is 16.0 Å². The SMILES string of the molecule is Cc1sc2ccccc2c1C1=C(c2c([C@H](C)OC(=O)C(F)(F)C(F)(F)F)sc3ccccc23)C(F)(F)C(F)(F)C1(F)F. The van der Waals surface area contributed by atoms with Crippen LogP contribution in [0.2, 0.25) is 0 Å². The van der Waals surface area contributed by atoms with Gasteiger partial charge in [0, 0.05) is 47.3 Å². The molecular weight excluding hydrogens is 629 g/mol. The number of carbonyl (C=O) groups is 1. The Kier molecular flexibility index (Phi) is 6.77. The Bertz CT molecular complexity index is 1760. The highest BCUT2D eigenvalue weighted by molar-refractivity contribution is 7.19. The summed E-state index contributed by atoms with van der Waals surface area (Å²) in [4.78, 5) is 11.1. The number of alkyl halides is 11. The molecule has 15 heteroatoms. The van der Waals surface area contributed by atoms with E-state index in [0.717, 1.165) is 24.3 Å². The van der Waals surface area contributed by atoms with E-state index < -0.39 is 69.1 Å². The van der Waals surface area contributed by atoms with Gasteiger partial charge in [-0.05, 0) is 26.0 Å². The quantitative estimate of drug-likeness (QED) is 0.160. The largest absolute Gasteiger partial charge is 0.465 e. The summed E-state index contributed by atoms with van der Waals surface area (Å²) in [6, 6.07) is 10.6. The van der Waals surface area contributed by atoms with Crippen molar-refractivity contribution in [2.45, 2.75) is 49.8 Å². The summed E-state index contributed by atoms with van der Waals surface area (Å²) in [6.07, 6.45) is -8.55. The van der Waals surface area contributed by atoms with Crippen LogP contribution in [0.3, 0.4) is 0 Å². The number of hydrogen-bond donors (Lipinski definition) is 0. The van der Waals surface area contributed by atoms with Crippen LogP contribution in [0.1, 0.15) is 33.9 Å². The molecule has 0 unspecified atom stereocenters. The fourth-order valence-corrected chi connectivity index (χ4v) is 7.14. The summed E-state index contributed by atoms with van der Waals surface area (Å²) in [5, 5.41) is -0.341. The number of esters is 1. The van der Waals surface area contributed by atoms with Crippen LogP contribution in [0.5, 0.6) is 0 Å². The number of rotatable bonds is 5. The number of thiophene rings is 2. The molecule has 1 aliphatic carbocycles. The van der Waals surface area contributed by atoms with Crippen molar-refractivity contribution in [3.05, 3.63) is 69.4 Å². The van der Waals surface area contributed by atoms with E-state index in [9.17, 15) is 26.7 Å². The van der Waals surface area contributed by atoms with Crippen LogP contribution in [-0.4, -0.2) is 35.8 Å². The summed E-state index contributed by atoms with van der Waals surface area (Å²) in [6.45, 7) is 2.01. The van der Waals surface area contributed by atoms with Crippen LogP contribution in [0.4, 0.5) is 48.3 Å². The number of carbonyl (C=O) groups excluding carboxylic acids is 1. The molecule has 1 aliphatic rings. The molecule has 1 atom stereocenters. The normalized spacial score (nSPS) is 19.1. The van der Waals surface area contributed by atoms with Crippen molar-refractivity contribution in [2.75, 3.05) is 0 Å². The fourth-order valence-electron chi connectivity index (χ4n) is 4.88. The number of fused-ring (bicyclic) bond motifs is 2. The van der Waals surface area contributed by atoms with Crippen LogP contribution in [0.15, 0.2) is 48.5 Å². The van der Waals surface area contributed by atoms with Gasteiger partial charge in [0.25, 0.3) is 0 Å². The van der Waals surface area contributed by atoms with E-state index in [-0.39, 0.29) is 20.3 Å². The molecule has 0 saturated carbocycles. The summed E-state index contributed by atoms with van der Waals surface area (Å²) < 4.78 is 163. The first kappa shape index (κ1) is 30.3. The zero-order valence-electron chi connectivity index (χ0n) is 21.0. The molecule has 0 bridgehead atoms. The second-order valence-electron chi connectivity index (χ2n) is 9.46. The van der Waals surface area contributed by atoms with E-state index in [1.54, 1.807) is 0 Å². The summed E-state index contributed by atoms with van der Waals surface area (Å²) in [7, 11) is 0. The molecule has 0 amide bonds. The van der Waals surface area contributed by atoms with Gasteiger partial charge in [-0.1, -0.05) is 36.4 Å². The van der Waals surface area contributed by atoms with Gasteiger partial charge in [-0.15, -0.1) is 22.7 Å². The average molecular weight is 645 g/mol. The Morgan fingerprint density at radius 2 is 1.21 bits per heavy atom. The molecule has 0 N–H and O–H groups in total. The monoisotopic (exact) mass is 644 g/mol. The number of hydrogen-bond acceptors (Lipinski definition) is 4. The van der Waals surface area contributed by atoms with Gasteiger partial charge in [0.2, 0.25) is 0 Å². The van der Waals surface area contributed by atoms with Gasteiger partial charge in [-0.3, -0.25) is 0 Å². The maximum absolute atomic E-state index is 15.7. The van der Waals surface area contributed by atoms with Crippen molar-refractivity contribution in [3.8, 4) is 0 Å². The second kappa shape index (κ2) is 9.40. The minimum atomic E-state index is -6.37. The van der Waals surface area contributed by atoms with Gasteiger partial charge in [-0.2, -0.15) is 48.3 Å². The Labute approximate surface area is 237 Å². The maximum atomic E-state index is 15.7. The number of benzene rings is 2. The highest BCUT2D eigenvalue weighted by Crippen LogP contribution is 2.67. The van der Waals surface area contributed by atoms with E-state index in [2.05, 4.69) is 4.74 Å². The minimum Gasteiger partial charge on any atom is -0.452 e. The fraction of sp³-hybridized carbons (Fsp3) is 0.296. The van der Waals surface area contributed by atoms with E-state index >= 15 is 26.3 Å². The third-order valence-electron chi connectivity index (χ3n) is 6.83. The topological polar surface area (TPSA) is 26.3 Å². The van der Waals surface area contributed by atoms with E-state index in [1.165, 1.54) is 49.4 Å². The zero-order valence-corrected chi connectivity index (χ0v) is 22.6. The first-order valence-electron chi connectivity index (χ1n) is 11.8. The maximum Gasteiger partial charge on any atom is 0.465 e. The number of allylic oxidation sites excluding steroid dienone is 2. The van der Waals surface area contributed by atoms with Crippen LogP contribution >= 0.6 is 22.7 Å². The van der Waals surface area contributed by atoms with Crippen LogP contribution in [0, 0.1) is 6.92 Å². The zero-order chi connectivity index (χ0) is 31.2. The van der Waals surface area contributed by atoms with Gasteiger partial charge < -0.3 is 4.74 Å². The first-order chi connectivity index (χ1) is 19.3. The van der Waals surface area contributed by atoms with Crippen LogP contribution in [-0.2, 0) is 9.53 Å². The lowest BCUT2D eigenvalue weighted by Crippen LogP contribution is -2.49. The lowest BCUT2D eigenvalue weighted by atomic mass is 9.91. The molecule has 0 radical (unpaired) electrons. The molecule has 0 aliphatic heterocycles. The van der Waals surface area contributed by atoms with Crippen LogP contribution in [0.25, 0.3) is 31.3 Å². The minimum absolute atomic E-state index is 0.000983. The summed E-state index contributed by atoms with van der Waals surface area (Å²) >= 11 is 1.31. The smallest absolute Gasteiger partial charge is 0.452 e. The number of halogens is 11. The Morgan fingerprint density at radius 1 is 0.762 bits per heavy atom. The third-order valence-corrected chi connectivity index (χ3v) is 9.24. The van der Waals surface area contributed by atoms with Crippen molar-refractivity contribution < 1.29 is 57.8 Å². The summed E-state index contributed by atoms with van der Waals surface area (Å²) in [5.74, 6) is -26.1. The molecule has 224 valence electrons. The second-order valence-corrected chi connectivity index (χ2v) is 11.8. The lowest BCUT2D eigenvalue weighted by molar-refractivity contribution is -0.282. The molecule has 2 aromatic heterocycles. The molecule has 42 heavy (non-hydrogen) atoms. The molecule has 5 rings (SSSR count). The van der Waals surface area contributed by atoms with Gasteiger partial charge in [0.05, 0.1) is 4.88 Å². The Balaban J connectivity index is 1.85. The van der Waals surface area contributed by atoms with Gasteiger partial charge in [0.1, 0.15) is 6.10 Å². The van der Waals surface area contributed by atoms with Crippen LogP contribution < -0.4 is 0 Å². The Morgan fingerprint density at radius 3 is 1.74 bits per heavy atom. The molecule has 2 nitrogen and oxygen atoms in total. The molecular formula is C27H15F11O2S2. The summed E-state index contributed by atoms with van der Waals surface area (Å²) in [5.41, 5.74) is -5.14. The van der Waals surface area contributed by atoms with Crippen molar-refractivity contribution in [2.24, 2.45) is 0 Å². The predicted octanol–water partition coefficient (Wildman–Crippen LogP) is 10.1. The molecule has 0 fully saturated rings. The molecule has 4 aromatic rings. The van der Waals surface area contributed by atoms with Crippen molar-refractivity contribution in [3.63, 3.8) is 0 Å². The van der Waals surface area contributed by atoms with E-state index in [4.69, 9.17) is 0 Å². The van der Waals surface area contributed by atoms with Crippen molar-refractivity contribution in [1.29, 1.82) is 0 Å². The van der Waals surface area contributed by atoms with Gasteiger partial charge in [0.15, 0.2) is 0 Å². The third kappa shape index (κ3) is 4.06. The van der Waals surface area contributed by atoms with Crippen molar-refractivity contribution >= 4 is 60.0 Å². The van der Waals surface area contributed by atoms with E-state index in [1.807, 2.05) is 0 Å². The highest BCUT2D eigenvalue weighted by Gasteiger charge is 2.80. The van der Waals surface area contributed by atoms with Gasteiger partial charge >= 0.3 is 35.8 Å². The standard InChI is InChI=1S/C27H15F11O2S2/c1-11(40-22(39)25(32,33)27(36,37)38)21-18(14-8-4-6-10-16(14)42-21)20-19(23(28,29)26(34,35)24(20,30)31)17-12(2)41-15-9-5-3-7-13(15)17/h3-11H,1-2H3/t11-/m0/s1. The first-order valence-corrected chi connectivity index (χ1v) is 13.4. The number of ether oxygens (including phenoxy) is 1. The molecule has 0 saturated heterocycles. The van der Waals surface area contributed by atoms with Crippen molar-refractivity contribution in [1.82, 2.24) is 0 Å².